The second-order valence-electron chi connectivity index (χ2n) is 7.02. The fourth-order valence-corrected chi connectivity index (χ4v) is 5.35. The lowest BCUT2D eigenvalue weighted by atomic mass is 9.49. The van der Waals surface area contributed by atoms with Crippen molar-refractivity contribution < 1.29 is 4.79 Å². The van der Waals surface area contributed by atoms with Crippen LogP contribution in [0.3, 0.4) is 0 Å². The Labute approximate surface area is 121 Å². The monoisotopic (exact) mass is 281 g/mol. The lowest BCUT2D eigenvalue weighted by Gasteiger charge is -2.56. The summed E-state index contributed by atoms with van der Waals surface area (Å²) < 4.78 is 0. The summed E-state index contributed by atoms with van der Waals surface area (Å²) in [4.78, 5) is 12.1. The van der Waals surface area contributed by atoms with Crippen LogP contribution in [-0.4, -0.2) is 18.3 Å². The Morgan fingerprint density at radius 1 is 1.11 bits per heavy atom. The van der Waals surface area contributed by atoms with Crippen LogP contribution < -0.4 is 5.32 Å². The number of carbonyl (C=O) groups excluding carboxylic acids is 1. The molecule has 3 heteroatoms. The van der Waals surface area contributed by atoms with Gasteiger partial charge in [0.2, 0.25) is 5.91 Å². The van der Waals surface area contributed by atoms with Gasteiger partial charge in [-0.1, -0.05) is 12.2 Å². The molecule has 0 saturated heterocycles. The van der Waals surface area contributed by atoms with Crippen molar-refractivity contribution in [3.05, 3.63) is 12.2 Å². The summed E-state index contributed by atoms with van der Waals surface area (Å²) in [5, 5.41) is 3.01. The number of carbonyl (C=O) groups is 1. The lowest BCUT2D eigenvalue weighted by Crippen LogP contribution is -2.48. The molecule has 1 amide bonds. The molecule has 0 heterocycles. The molecule has 4 rings (SSSR count). The summed E-state index contributed by atoms with van der Waals surface area (Å²) in [5.74, 6) is 3.53. The molecular formula is C16H24ClNO. The Balaban J connectivity index is 1.54. The number of alkyl halides is 1. The number of nitrogens with one attached hydrogen (secondary N) is 1. The highest BCUT2D eigenvalue weighted by atomic mass is 35.5. The van der Waals surface area contributed by atoms with Gasteiger partial charge in [-0.2, -0.15) is 0 Å². The van der Waals surface area contributed by atoms with Crippen LogP contribution in [0.2, 0.25) is 0 Å². The number of halogens is 1. The van der Waals surface area contributed by atoms with Crippen LogP contribution in [0.1, 0.15) is 44.9 Å². The molecule has 4 bridgehead atoms. The Bertz CT molecular complexity index is 342. The third-order valence-corrected chi connectivity index (χ3v) is 5.55. The number of rotatable bonds is 5. The van der Waals surface area contributed by atoms with Gasteiger partial charge in [0.25, 0.3) is 0 Å². The van der Waals surface area contributed by atoms with Crippen molar-refractivity contribution in [2.45, 2.75) is 44.9 Å². The zero-order chi connectivity index (χ0) is 13.3. The van der Waals surface area contributed by atoms with E-state index in [1.165, 1.54) is 38.5 Å². The standard InChI is InChI=1S/C16H24ClNO/c17-3-1-2-4-18-15(19)11-16-8-12-5-13(9-16)7-14(6-12)10-16/h1-2,12-14H,3-11H2,(H,18,19)/b2-1+. The van der Waals surface area contributed by atoms with Gasteiger partial charge in [0.15, 0.2) is 0 Å². The van der Waals surface area contributed by atoms with Gasteiger partial charge in [-0.15, -0.1) is 11.6 Å². The van der Waals surface area contributed by atoms with Crippen molar-refractivity contribution in [2.75, 3.05) is 12.4 Å². The van der Waals surface area contributed by atoms with E-state index in [1.54, 1.807) is 0 Å². The van der Waals surface area contributed by atoms with E-state index >= 15 is 0 Å². The Hall–Kier alpha value is -0.500. The smallest absolute Gasteiger partial charge is 0.220 e. The molecule has 4 saturated carbocycles. The largest absolute Gasteiger partial charge is 0.353 e. The molecule has 0 spiro atoms. The zero-order valence-corrected chi connectivity index (χ0v) is 12.3. The van der Waals surface area contributed by atoms with E-state index in [-0.39, 0.29) is 5.91 Å². The molecule has 106 valence electrons. The first-order valence-electron chi connectivity index (χ1n) is 7.67. The average Bonchev–Trinajstić information content (AvgIpc) is 2.32. The van der Waals surface area contributed by atoms with Crippen LogP contribution in [0.15, 0.2) is 12.2 Å². The van der Waals surface area contributed by atoms with Gasteiger partial charge in [-0.3, -0.25) is 4.79 Å². The zero-order valence-electron chi connectivity index (χ0n) is 11.5. The van der Waals surface area contributed by atoms with Crippen molar-refractivity contribution in [1.82, 2.24) is 5.32 Å². The summed E-state index contributed by atoms with van der Waals surface area (Å²) in [6, 6.07) is 0. The predicted molar refractivity (Wildman–Crippen MR) is 78.1 cm³/mol. The first kappa shape index (κ1) is 13.5. The fourth-order valence-electron chi connectivity index (χ4n) is 5.23. The maximum Gasteiger partial charge on any atom is 0.220 e. The van der Waals surface area contributed by atoms with Crippen LogP contribution in [0.4, 0.5) is 0 Å². The quantitative estimate of drug-likeness (QED) is 0.606. The maximum atomic E-state index is 12.1. The minimum absolute atomic E-state index is 0.237. The Morgan fingerprint density at radius 3 is 2.21 bits per heavy atom. The first-order chi connectivity index (χ1) is 9.19. The maximum absolute atomic E-state index is 12.1. The highest BCUT2D eigenvalue weighted by Crippen LogP contribution is 2.61. The number of hydrogen-bond donors (Lipinski definition) is 1. The molecular weight excluding hydrogens is 258 g/mol. The molecule has 19 heavy (non-hydrogen) atoms. The summed E-state index contributed by atoms with van der Waals surface area (Å²) in [7, 11) is 0. The van der Waals surface area contributed by atoms with E-state index in [4.69, 9.17) is 11.6 Å². The third-order valence-electron chi connectivity index (χ3n) is 5.37. The van der Waals surface area contributed by atoms with Crippen LogP contribution in [0, 0.1) is 23.2 Å². The highest BCUT2D eigenvalue weighted by molar-refractivity contribution is 6.18. The molecule has 0 aliphatic heterocycles. The van der Waals surface area contributed by atoms with E-state index in [0.29, 0.717) is 17.8 Å². The fraction of sp³-hybridized carbons (Fsp3) is 0.812. The molecule has 0 aromatic rings. The van der Waals surface area contributed by atoms with E-state index in [0.717, 1.165) is 24.2 Å². The van der Waals surface area contributed by atoms with Gasteiger partial charge >= 0.3 is 0 Å². The third kappa shape index (κ3) is 2.99. The van der Waals surface area contributed by atoms with Gasteiger partial charge in [0.05, 0.1) is 0 Å². The van der Waals surface area contributed by atoms with Crippen molar-refractivity contribution in [2.24, 2.45) is 23.2 Å². The second kappa shape index (κ2) is 5.47. The van der Waals surface area contributed by atoms with E-state index < -0.39 is 0 Å². The van der Waals surface area contributed by atoms with E-state index in [1.807, 2.05) is 12.2 Å². The SMILES string of the molecule is O=C(CC12CC3CC(CC(C3)C1)C2)NC/C=C/CCl. The van der Waals surface area contributed by atoms with Gasteiger partial charge in [0, 0.05) is 18.8 Å². The van der Waals surface area contributed by atoms with E-state index in [2.05, 4.69) is 5.32 Å². The van der Waals surface area contributed by atoms with Crippen molar-refractivity contribution >= 4 is 17.5 Å². The van der Waals surface area contributed by atoms with Gasteiger partial charge in [-0.25, -0.2) is 0 Å². The molecule has 2 nitrogen and oxygen atoms in total. The topological polar surface area (TPSA) is 29.1 Å². The summed E-state index contributed by atoms with van der Waals surface area (Å²) >= 11 is 5.56. The molecule has 1 N–H and O–H groups in total. The molecule has 0 atom stereocenters. The highest BCUT2D eigenvalue weighted by Gasteiger charge is 2.51. The average molecular weight is 282 g/mol. The number of amides is 1. The molecule has 4 aliphatic carbocycles. The van der Waals surface area contributed by atoms with Crippen LogP contribution in [0.5, 0.6) is 0 Å². The molecule has 0 aromatic heterocycles. The summed E-state index contributed by atoms with van der Waals surface area (Å²) in [6.45, 7) is 0.623. The molecule has 0 aromatic carbocycles. The Kier molecular flexibility index (Phi) is 3.88. The molecule has 4 aliphatic rings. The predicted octanol–water partition coefficient (Wildman–Crippen LogP) is 3.50. The number of hydrogen-bond acceptors (Lipinski definition) is 1. The van der Waals surface area contributed by atoms with Gasteiger partial charge < -0.3 is 5.32 Å². The summed E-state index contributed by atoms with van der Waals surface area (Å²) in [6.07, 6.45) is 12.8. The lowest BCUT2D eigenvalue weighted by molar-refractivity contribution is -0.129. The molecule has 4 fully saturated rings. The van der Waals surface area contributed by atoms with Gasteiger partial charge in [0.1, 0.15) is 0 Å². The van der Waals surface area contributed by atoms with Gasteiger partial charge in [-0.05, 0) is 61.7 Å². The van der Waals surface area contributed by atoms with Crippen molar-refractivity contribution in [1.29, 1.82) is 0 Å². The molecule has 0 unspecified atom stereocenters. The Morgan fingerprint density at radius 2 is 1.68 bits per heavy atom. The van der Waals surface area contributed by atoms with Crippen molar-refractivity contribution in [3.8, 4) is 0 Å². The summed E-state index contributed by atoms with van der Waals surface area (Å²) in [5.41, 5.74) is 0.356. The minimum atomic E-state index is 0.237. The first-order valence-corrected chi connectivity index (χ1v) is 8.20. The second-order valence-corrected chi connectivity index (χ2v) is 7.33. The van der Waals surface area contributed by atoms with E-state index in [9.17, 15) is 4.79 Å². The normalized spacial score (nSPS) is 39.9. The van der Waals surface area contributed by atoms with Crippen molar-refractivity contribution in [3.63, 3.8) is 0 Å². The van der Waals surface area contributed by atoms with Crippen LogP contribution in [0.25, 0.3) is 0 Å². The minimum Gasteiger partial charge on any atom is -0.353 e. The number of allylic oxidation sites excluding steroid dienone is 1. The van der Waals surface area contributed by atoms with Crippen LogP contribution in [-0.2, 0) is 4.79 Å². The molecule has 0 radical (unpaired) electrons. The van der Waals surface area contributed by atoms with Crippen LogP contribution >= 0.6 is 11.6 Å².